The third-order valence-electron chi connectivity index (χ3n) is 2.36. The minimum atomic E-state index is 0.814. The van der Waals surface area contributed by atoms with Crippen LogP contribution in [0, 0.1) is 0 Å². The second-order valence-corrected chi connectivity index (χ2v) is 5.77. The topological polar surface area (TPSA) is 53.6 Å². The molecule has 0 spiro atoms. The van der Waals surface area contributed by atoms with E-state index in [1.807, 2.05) is 6.07 Å². The second kappa shape index (κ2) is 6.92. The number of nitrogens with zero attached hydrogens (tertiary/aromatic N) is 2. The fourth-order valence-corrected chi connectivity index (χ4v) is 2.75. The van der Waals surface area contributed by atoms with E-state index >= 15 is 0 Å². The number of aromatic amines is 1. The van der Waals surface area contributed by atoms with Crippen LogP contribution in [0.1, 0.15) is 18.9 Å². The molecular formula is C12H15BrN4S. The van der Waals surface area contributed by atoms with Crippen molar-refractivity contribution in [1.29, 1.82) is 0 Å². The lowest BCUT2D eigenvalue weighted by Gasteiger charge is -2.09. The van der Waals surface area contributed by atoms with Crippen molar-refractivity contribution in [3.05, 3.63) is 34.6 Å². The van der Waals surface area contributed by atoms with E-state index < -0.39 is 0 Å². The number of hydrogen-bond acceptors (Lipinski definition) is 4. The molecular weight excluding hydrogens is 312 g/mol. The van der Waals surface area contributed by atoms with Gasteiger partial charge in [0.2, 0.25) is 0 Å². The first-order chi connectivity index (χ1) is 8.79. The van der Waals surface area contributed by atoms with Crippen LogP contribution in [0.15, 0.2) is 39.1 Å². The van der Waals surface area contributed by atoms with E-state index in [0.29, 0.717) is 0 Å². The summed E-state index contributed by atoms with van der Waals surface area (Å²) in [5.74, 6) is 0. The zero-order valence-electron chi connectivity index (χ0n) is 10.1. The van der Waals surface area contributed by atoms with E-state index in [-0.39, 0.29) is 0 Å². The van der Waals surface area contributed by atoms with E-state index in [1.165, 1.54) is 16.8 Å². The molecule has 2 N–H and O–H groups in total. The fraction of sp³-hybridized carbons (Fsp3) is 0.333. The molecule has 96 valence electrons. The number of aromatic nitrogens is 3. The maximum absolute atomic E-state index is 4.14. The van der Waals surface area contributed by atoms with E-state index in [0.717, 1.165) is 29.1 Å². The molecule has 0 aliphatic heterocycles. The Bertz CT molecular complexity index is 487. The van der Waals surface area contributed by atoms with Gasteiger partial charge in [-0.15, -0.1) is 0 Å². The Hall–Kier alpha value is -0.850. The van der Waals surface area contributed by atoms with Crippen LogP contribution in [-0.4, -0.2) is 21.7 Å². The summed E-state index contributed by atoms with van der Waals surface area (Å²) in [6, 6.07) is 6.28. The highest BCUT2D eigenvalue weighted by Gasteiger charge is 2.06. The first-order valence-corrected chi connectivity index (χ1v) is 7.43. The molecule has 0 saturated carbocycles. The van der Waals surface area contributed by atoms with Crippen LogP contribution in [-0.2, 0) is 6.54 Å². The largest absolute Gasteiger partial charge is 0.313 e. The van der Waals surface area contributed by atoms with Gasteiger partial charge in [-0.1, -0.05) is 34.6 Å². The molecule has 1 aromatic carbocycles. The van der Waals surface area contributed by atoms with Gasteiger partial charge < -0.3 is 5.32 Å². The van der Waals surface area contributed by atoms with Gasteiger partial charge in [-0.2, -0.15) is 5.10 Å². The SMILES string of the molecule is CCCNCc1cc(Br)ccc1Sc1ncn[nH]1. The van der Waals surface area contributed by atoms with Crippen molar-refractivity contribution in [2.24, 2.45) is 0 Å². The van der Waals surface area contributed by atoms with E-state index in [9.17, 15) is 0 Å². The zero-order chi connectivity index (χ0) is 12.8. The molecule has 0 aliphatic carbocycles. The van der Waals surface area contributed by atoms with Crippen LogP contribution >= 0.6 is 27.7 Å². The van der Waals surface area contributed by atoms with E-state index in [2.05, 4.69) is 55.5 Å². The van der Waals surface area contributed by atoms with Crippen LogP contribution < -0.4 is 5.32 Å². The molecule has 0 saturated heterocycles. The summed E-state index contributed by atoms with van der Waals surface area (Å²) in [5.41, 5.74) is 1.26. The van der Waals surface area contributed by atoms with Crippen LogP contribution in [0.4, 0.5) is 0 Å². The van der Waals surface area contributed by atoms with Crippen molar-refractivity contribution in [1.82, 2.24) is 20.5 Å². The number of hydrogen-bond donors (Lipinski definition) is 2. The number of rotatable bonds is 6. The smallest absolute Gasteiger partial charge is 0.188 e. The quantitative estimate of drug-likeness (QED) is 0.800. The molecule has 2 rings (SSSR count). The highest BCUT2D eigenvalue weighted by Crippen LogP contribution is 2.29. The highest BCUT2D eigenvalue weighted by atomic mass is 79.9. The van der Waals surface area contributed by atoms with Crippen molar-refractivity contribution >= 4 is 27.7 Å². The molecule has 0 unspecified atom stereocenters. The van der Waals surface area contributed by atoms with Crippen molar-refractivity contribution in [2.45, 2.75) is 29.9 Å². The lowest BCUT2D eigenvalue weighted by molar-refractivity contribution is 0.669. The predicted octanol–water partition coefficient (Wildman–Crippen LogP) is 3.22. The second-order valence-electron chi connectivity index (χ2n) is 3.82. The van der Waals surface area contributed by atoms with Crippen molar-refractivity contribution in [3.8, 4) is 0 Å². The van der Waals surface area contributed by atoms with Gasteiger partial charge in [-0.25, -0.2) is 4.98 Å². The molecule has 0 fully saturated rings. The zero-order valence-corrected chi connectivity index (χ0v) is 12.5. The summed E-state index contributed by atoms with van der Waals surface area (Å²) in [5, 5.41) is 11.0. The van der Waals surface area contributed by atoms with Crippen molar-refractivity contribution < 1.29 is 0 Å². The molecule has 4 nitrogen and oxygen atoms in total. The Balaban J connectivity index is 2.12. The summed E-state index contributed by atoms with van der Waals surface area (Å²) in [6.07, 6.45) is 2.66. The van der Waals surface area contributed by atoms with Gasteiger partial charge in [0.1, 0.15) is 6.33 Å². The molecule has 1 heterocycles. The van der Waals surface area contributed by atoms with Crippen molar-refractivity contribution in [2.75, 3.05) is 6.54 Å². The predicted molar refractivity (Wildman–Crippen MR) is 76.6 cm³/mol. The van der Waals surface area contributed by atoms with Gasteiger partial charge in [0, 0.05) is 15.9 Å². The van der Waals surface area contributed by atoms with Gasteiger partial charge in [0.15, 0.2) is 5.16 Å². The Morgan fingerprint density at radius 2 is 2.33 bits per heavy atom. The molecule has 0 atom stereocenters. The average Bonchev–Trinajstić information content (AvgIpc) is 2.86. The van der Waals surface area contributed by atoms with Gasteiger partial charge >= 0.3 is 0 Å². The lowest BCUT2D eigenvalue weighted by Crippen LogP contribution is -2.14. The Kier molecular flexibility index (Phi) is 5.22. The maximum atomic E-state index is 4.14. The molecule has 1 aromatic heterocycles. The number of nitrogens with one attached hydrogen (secondary N) is 2. The first kappa shape index (κ1) is 13.6. The summed E-state index contributed by atoms with van der Waals surface area (Å²) >= 11 is 5.11. The fourth-order valence-electron chi connectivity index (χ4n) is 1.53. The molecule has 0 aliphatic rings. The van der Waals surface area contributed by atoms with E-state index in [1.54, 1.807) is 11.8 Å². The molecule has 2 aromatic rings. The minimum absolute atomic E-state index is 0.814. The van der Waals surface area contributed by atoms with Gasteiger partial charge in [-0.05, 0) is 36.7 Å². The molecule has 0 bridgehead atoms. The lowest BCUT2D eigenvalue weighted by atomic mass is 10.2. The monoisotopic (exact) mass is 326 g/mol. The summed E-state index contributed by atoms with van der Waals surface area (Å²) < 4.78 is 1.10. The number of H-pyrrole nitrogens is 1. The van der Waals surface area contributed by atoms with Crippen LogP contribution in [0.25, 0.3) is 0 Å². The van der Waals surface area contributed by atoms with Crippen LogP contribution in [0.5, 0.6) is 0 Å². The maximum Gasteiger partial charge on any atom is 0.188 e. The Morgan fingerprint density at radius 3 is 3.06 bits per heavy atom. The minimum Gasteiger partial charge on any atom is -0.313 e. The third-order valence-corrected chi connectivity index (χ3v) is 3.87. The summed E-state index contributed by atoms with van der Waals surface area (Å²) in [7, 11) is 0. The van der Waals surface area contributed by atoms with Crippen LogP contribution in [0.2, 0.25) is 0 Å². The van der Waals surface area contributed by atoms with Crippen molar-refractivity contribution in [3.63, 3.8) is 0 Å². The summed E-state index contributed by atoms with van der Waals surface area (Å²) in [4.78, 5) is 5.33. The standard InChI is InChI=1S/C12H15BrN4S/c1-2-5-14-7-9-6-10(13)3-4-11(9)18-12-15-8-16-17-12/h3-4,6,8,14H,2,5,7H2,1H3,(H,15,16,17). The van der Waals surface area contributed by atoms with Gasteiger partial charge in [0.25, 0.3) is 0 Å². The number of benzene rings is 1. The molecule has 18 heavy (non-hydrogen) atoms. The third kappa shape index (κ3) is 3.83. The summed E-state index contributed by atoms with van der Waals surface area (Å²) in [6.45, 7) is 4.06. The Labute approximate surface area is 119 Å². The van der Waals surface area contributed by atoms with Gasteiger partial charge in [0.05, 0.1) is 0 Å². The van der Waals surface area contributed by atoms with E-state index in [4.69, 9.17) is 0 Å². The average molecular weight is 327 g/mol. The molecule has 0 amide bonds. The number of halogens is 1. The highest BCUT2D eigenvalue weighted by molar-refractivity contribution is 9.10. The molecule has 0 radical (unpaired) electrons. The van der Waals surface area contributed by atoms with Crippen LogP contribution in [0.3, 0.4) is 0 Å². The molecule has 6 heteroatoms. The normalized spacial score (nSPS) is 10.8. The van der Waals surface area contributed by atoms with Gasteiger partial charge in [-0.3, -0.25) is 5.10 Å². The first-order valence-electron chi connectivity index (χ1n) is 5.82. The Morgan fingerprint density at radius 1 is 1.44 bits per heavy atom.